The monoisotopic (exact) mass is 276 g/mol. The van der Waals surface area contributed by atoms with E-state index in [0.29, 0.717) is 6.54 Å². The average Bonchev–Trinajstić information content (AvgIpc) is 2.46. The van der Waals surface area contributed by atoms with Crippen LogP contribution >= 0.6 is 0 Å². The van der Waals surface area contributed by atoms with Crippen LogP contribution in [0, 0.1) is 11.6 Å². The van der Waals surface area contributed by atoms with E-state index in [9.17, 15) is 8.78 Å². The lowest BCUT2D eigenvalue weighted by atomic mass is 10.1. The van der Waals surface area contributed by atoms with E-state index in [0.717, 1.165) is 17.8 Å². The van der Waals surface area contributed by atoms with Gasteiger partial charge in [0.15, 0.2) is 0 Å². The van der Waals surface area contributed by atoms with Gasteiger partial charge in [-0.2, -0.15) is 0 Å². The van der Waals surface area contributed by atoms with E-state index >= 15 is 0 Å². The van der Waals surface area contributed by atoms with Gasteiger partial charge in [0, 0.05) is 24.8 Å². The van der Waals surface area contributed by atoms with Crippen molar-refractivity contribution in [2.45, 2.75) is 13.0 Å². The molecule has 0 saturated carbocycles. The molecular formula is C16H18F2N2. The quantitative estimate of drug-likeness (QED) is 0.905. The number of nitrogens with zero attached hydrogens (tertiary/aromatic N) is 1. The number of halogens is 2. The molecule has 2 aromatic carbocycles. The molecule has 0 aromatic heterocycles. The second-order valence-electron chi connectivity index (χ2n) is 4.67. The summed E-state index contributed by atoms with van der Waals surface area (Å²) in [6.07, 6.45) is 0. The molecule has 2 aromatic rings. The number of benzene rings is 2. The number of hydrogen-bond donors (Lipinski definition) is 1. The van der Waals surface area contributed by atoms with Gasteiger partial charge < -0.3 is 10.6 Å². The van der Waals surface area contributed by atoms with Crippen LogP contribution in [0.5, 0.6) is 0 Å². The Hall–Kier alpha value is -1.94. The van der Waals surface area contributed by atoms with Gasteiger partial charge in [-0.3, -0.25) is 0 Å². The highest BCUT2D eigenvalue weighted by atomic mass is 19.1. The zero-order valence-corrected chi connectivity index (χ0v) is 11.4. The van der Waals surface area contributed by atoms with Crippen molar-refractivity contribution in [1.29, 1.82) is 0 Å². The Kier molecular flexibility index (Phi) is 4.69. The Morgan fingerprint density at radius 3 is 1.95 bits per heavy atom. The molecule has 2 nitrogen and oxygen atoms in total. The van der Waals surface area contributed by atoms with Crippen LogP contribution in [0.1, 0.15) is 18.5 Å². The molecule has 0 fully saturated rings. The smallest absolute Gasteiger partial charge is 0.123 e. The van der Waals surface area contributed by atoms with Gasteiger partial charge in [0.1, 0.15) is 11.6 Å². The molecule has 0 heterocycles. The van der Waals surface area contributed by atoms with Crippen LogP contribution in [-0.2, 0) is 0 Å². The van der Waals surface area contributed by atoms with E-state index < -0.39 is 0 Å². The van der Waals surface area contributed by atoms with Crippen LogP contribution in [-0.4, -0.2) is 13.1 Å². The van der Waals surface area contributed by atoms with E-state index in [1.165, 1.54) is 24.3 Å². The molecule has 0 radical (unpaired) electrons. The first-order valence-electron chi connectivity index (χ1n) is 6.61. The second-order valence-corrected chi connectivity index (χ2v) is 4.67. The van der Waals surface area contributed by atoms with Crippen molar-refractivity contribution in [2.75, 3.05) is 18.0 Å². The van der Waals surface area contributed by atoms with Gasteiger partial charge in [-0.05, 0) is 48.9 Å². The summed E-state index contributed by atoms with van der Waals surface area (Å²) in [7, 11) is 0. The zero-order chi connectivity index (χ0) is 14.5. The van der Waals surface area contributed by atoms with Crippen LogP contribution in [0.25, 0.3) is 0 Å². The van der Waals surface area contributed by atoms with Gasteiger partial charge >= 0.3 is 0 Å². The lowest BCUT2D eigenvalue weighted by Crippen LogP contribution is -2.32. The minimum atomic E-state index is -0.271. The summed E-state index contributed by atoms with van der Waals surface area (Å²) in [5, 5.41) is 0. The molecular weight excluding hydrogens is 258 g/mol. The first-order valence-corrected chi connectivity index (χ1v) is 6.61. The van der Waals surface area contributed by atoms with E-state index in [4.69, 9.17) is 5.73 Å². The number of hydrogen-bond acceptors (Lipinski definition) is 2. The van der Waals surface area contributed by atoms with Crippen molar-refractivity contribution in [3.05, 3.63) is 65.7 Å². The molecule has 0 bridgehead atoms. The number of anilines is 1. The van der Waals surface area contributed by atoms with E-state index in [2.05, 4.69) is 4.90 Å². The molecule has 0 aliphatic carbocycles. The third-order valence-corrected chi connectivity index (χ3v) is 3.29. The van der Waals surface area contributed by atoms with Gasteiger partial charge in [-0.15, -0.1) is 0 Å². The minimum absolute atomic E-state index is 0.222. The predicted octanol–water partition coefficient (Wildman–Crippen LogP) is 3.49. The van der Waals surface area contributed by atoms with Crippen LogP contribution in [0.15, 0.2) is 48.5 Å². The molecule has 1 unspecified atom stereocenters. The number of nitrogens with two attached hydrogens (primary N) is 1. The molecule has 2 N–H and O–H groups in total. The van der Waals surface area contributed by atoms with Crippen LogP contribution in [0.2, 0.25) is 0 Å². The lowest BCUT2D eigenvalue weighted by Gasteiger charge is -2.26. The third-order valence-electron chi connectivity index (χ3n) is 3.29. The van der Waals surface area contributed by atoms with Crippen molar-refractivity contribution in [3.63, 3.8) is 0 Å². The van der Waals surface area contributed by atoms with Gasteiger partial charge in [0.05, 0.1) is 0 Å². The molecule has 0 amide bonds. The summed E-state index contributed by atoms with van der Waals surface area (Å²) in [6, 6.07) is 12.3. The second kappa shape index (κ2) is 6.48. The molecule has 0 saturated heterocycles. The highest BCUT2D eigenvalue weighted by Crippen LogP contribution is 2.19. The Bertz CT molecular complexity index is 537. The van der Waals surface area contributed by atoms with Crippen molar-refractivity contribution in [1.82, 2.24) is 0 Å². The molecule has 1 atom stereocenters. The normalized spacial score (nSPS) is 12.2. The highest BCUT2D eigenvalue weighted by molar-refractivity contribution is 5.46. The lowest BCUT2D eigenvalue weighted by molar-refractivity contribution is 0.622. The van der Waals surface area contributed by atoms with Crippen molar-refractivity contribution >= 4 is 5.69 Å². The summed E-state index contributed by atoms with van der Waals surface area (Å²) in [5.74, 6) is -0.528. The van der Waals surface area contributed by atoms with E-state index in [1.807, 2.05) is 6.92 Å². The standard InChI is InChI=1S/C16H18F2N2/c1-2-20(15-9-7-14(18)8-10-15)11-16(19)12-3-5-13(17)6-4-12/h3-10,16H,2,11,19H2,1H3. The Morgan fingerprint density at radius 2 is 1.45 bits per heavy atom. The Morgan fingerprint density at radius 1 is 0.950 bits per heavy atom. The van der Waals surface area contributed by atoms with Gasteiger partial charge in [0.25, 0.3) is 0 Å². The van der Waals surface area contributed by atoms with E-state index in [-0.39, 0.29) is 17.7 Å². The maximum absolute atomic E-state index is 12.9. The van der Waals surface area contributed by atoms with Gasteiger partial charge in [-0.1, -0.05) is 12.1 Å². The summed E-state index contributed by atoms with van der Waals surface area (Å²) in [4.78, 5) is 2.06. The summed E-state index contributed by atoms with van der Waals surface area (Å²) in [5.41, 5.74) is 7.95. The average molecular weight is 276 g/mol. The van der Waals surface area contributed by atoms with Gasteiger partial charge in [-0.25, -0.2) is 8.78 Å². The topological polar surface area (TPSA) is 29.3 Å². The van der Waals surface area contributed by atoms with Crippen molar-refractivity contribution in [3.8, 4) is 0 Å². The molecule has 2 rings (SSSR count). The third kappa shape index (κ3) is 3.54. The fourth-order valence-electron chi connectivity index (χ4n) is 2.12. The highest BCUT2D eigenvalue weighted by Gasteiger charge is 2.12. The summed E-state index contributed by atoms with van der Waals surface area (Å²) >= 11 is 0. The van der Waals surface area contributed by atoms with Crippen molar-refractivity contribution in [2.24, 2.45) is 5.73 Å². The fourth-order valence-corrected chi connectivity index (χ4v) is 2.12. The molecule has 20 heavy (non-hydrogen) atoms. The first kappa shape index (κ1) is 14.5. The zero-order valence-electron chi connectivity index (χ0n) is 11.4. The number of likely N-dealkylation sites (N-methyl/N-ethyl adjacent to an activating group) is 1. The molecule has 0 spiro atoms. The summed E-state index contributed by atoms with van der Waals surface area (Å²) < 4.78 is 25.8. The van der Waals surface area contributed by atoms with Crippen LogP contribution < -0.4 is 10.6 Å². The maximum atomic E-state index is 12.9. The van der Waals surface area contributed by atoms with Crippen molar-refractivity contribution < 1.29 is 8.78 Å². The van der Waals surface area contributed by atoms with Crippen LogP contribution in [0.4, 0.5) is 14.5 Å². The first-order chi connectivity index (χ1) is 9.60. The molecule has 0 aliphatic heterocycles. The number of rotatable bonds is 5. The predicted molar refractivity (Wildman–Crippen MR) is 77.6 cm³/mol. The molecule has 4 heteroatoms. The van der Waals surface area contributed by atoms with Gasteiger partial charge in [0.2, 0.25) is 0 Å². The fraction of sp³-hybridized carbons (Fsp3) is 0.250. The largest absolute Gasteiger partial charge is 0.370 e. The maximum Gasteiger partial charge on any atom is 0.123 e. The molecule has 106 valence electrons. The van der Waals surface area contributed by atoms with Crippen LogP contribution in [0.3, 0.4) is 0 Å². The molecule has 0 aliphatic rings. The SMILES string of the molecule is CCN(CC(N)c1ccc(F)cc1)c1ccc(F)cc1. The minimum Gasteiger partial charge on any atom is -0.370 e. The van der Waals surface area contributed by atoms with E-state index in [1.54, 1.807) is 24.3 Å². The Labute approximate surface area is 117 Å². The Balaban J connectivity index is 2.09. The summed E-state index contributed by atoms with van der Waals surface area (Å²) in [6.45, 7) is 3.37.